The monoisotopic (exact) mass is 187 g/mol. The Hall–Kier alpha value is -0.610. The van der Waals surface area contributed by atoms with Crippen molar-refractivity contribution in [3.63, 3.8) is 0 Å². The van der Waals surface area contributed by atoms with Crippen molar-refractivity contribution in [2.24, 2.45) is 5.92 Å². The Kier molecular flexibility index (Phi) is 3.69. The van der Waals surface area contributed by atoms with E-state index in [9.17, 15) is 9.90 Å². The van der Waals surface area contributed by atoms with Crippen molar-refractivity contribution in [3.8, 4) is 0 Å². The molecule has 0 aromatic carbocycles. The van der Waals surface area contributed by atoms with E-state index in [2.05, 4.69) is 4.90 Å². The van der Waals surface area contributed by atoms with Crippen LogP contribution in [-0.2, 0) is 4.79 Å². The molecule has 1 atom stereocenters. The van der Waals surface area contributed by atoms with Crippen molar-refractivity contribution in [1.82, 2.24) is 4.90 Å². The zero-order chi connectivity index (χ0) is 9.84. The highest BCUT2D eigenvalue weighted by Crippen LogP contribution is 2.21. The molecule has 0 radical (unpaired) electrons. The number of aliphatic hydroxyl groups excluding tert-OH is 1. The van der Waals surface area contributed by atoms with E-state index >= 15 is 0 Å². The van der Waals surface area contributed by atoms with E-state index in [4.69, 9.17) is 5.11 Å². The van der Waals surface area contributed by atoms with Crippen LogP contribution in [0.4, 0.5) is 0 Å². The molecule has 0 aromatic heterocycles. The van der Waals surface area contributed by atoms with Crippen LogP contribution >= 0.6 is 0 Å². The van der Waals surface area contributed by atoms with E-state index in [0.717, 1.165) is 25.9 Å². The smallest absolute Gasteiger partial charge is 0.305 e. The van der Waals surface area contributed by atoms with Crippen LogP contribution in [0.5, 0.6) is 0 Å². The number of likely N-dealkylation sites (tertiary alicyclic amines) is 1. The summed E-state index contributed by atoms with van der Waals surface area (Å²) >= 11 is 0. The number of piperidine rings is 1. The minimum atomic E-state index is -0.911. The second-order valence-electron chi connectivity index (χ2n) is 3.81. The summed E-state index contributed by atoms with van der Waals surface area (Å²) in [6.07, 6.45) is 1.04. The number of hydrogen-bond donors (Lipinski definition) is 2. The lowest BCUT2D eigenvalue weighted by molar-refractivity contribution is -0.140. The maximum absolute atomic E-state index is 10.3. The second-order valence-corrected chi connectivity index (χ2v) is 3.81. The Morgan fingerprint density at radius 3 is 2.54 bits per heavy atom. The van der Waals surface area contributed by atoms with E-state index in [-0.39, 0.29) is 12.3 Å². The van der Waals surface area contributed by atoms with E-state index in [1.54, 1.807) is 0 Å². The molecule has 1 aliphatic rings. The number of carboxylic acids is 1. The molecule has 1 saturated heterocycles. The van der Waals surface area contributed by atoms with Gasteiger partial charge in [0.15, 0.2) is 0 Å². The molecule has 0 aliphatic carbocycles. The minimum absolute atomic E-state index is 0.117. The van der Waals surface area contributed by atoms with Gasteiger partial charge < -0.3 is 15.1 Å². The Bertz CT molecular complexity index is 176. The molecule has 0 bridgehead atoms. The standard InChI is InChI=1S/C9H17NO3/c1-10-4-2-7(3-5-10)8(11)6-9(12)13/h7-8,11H,2-6H2,1H3,(H,12,13). The average molecular weight is 187 g/mol. The van der Waals surface area contributed by atoms with Crippen molar-refractivity contribution in [2.45, 2.75) is 25.4 Å². The molecule has 0 aromatic rings. The van der Waals surface area contributed by atoms with E-state index in [0.29, 0.717) is 0 Å². The van der Waals surface area contributed by atoms with Gasteiger partial charge in [0.05, 0.1) is 12.5 Å². The lowest BCUT2D eigenvalue weighted by Gasteiger charge is -2.31. The molecule has 76 valence electrons. The average Bonchev–Trinajstić information content (AvgIpc) is 2.04. The summed E-state index contributed by atoms with van der Waals surface area (Å²) in [5, 5.41) is 18.0. The molecule has 2 N–H and O–H groups in total. The number of nitrogens with zero attached hydrogens (tertiary/aromatic N) is 1. The molecule has 13 heavy (non-hydrogen) atoms. The third kappa shape index (κ3) is 3.32. The highest BCUT2D eigenvalue weighted by atomic mass is 16.4. The van der Waals surface area contributed by atoms with Gasteiger partial charge in [0, 0.05) is 0 Å². The number of aliphatic hydroxyl groups is 1. The summed E-state index contributed by atoms with van der Waals surface area (Å²) in [4.78, 5) is 12.5. The molecule has 0 amide bonds. The lowest BCUT2D eigenvalue weighted by atomic mass is 9.90. The van der Waals surface area contributed by atoms with Gasteiger partial charge in [0.2, 0.25) is 0 Å². The zero-order valence-electron chi connectivity index (χ0n) is 7.94. The highest BCUT2D eigenvalue weighted by Gasteiger charge is 2.25. The third-order valence-corrected chi connectivity index (χ3v) is 2.69. The summed E-state index contributed by atoms with van der Waals surface area (Å²) in [5.74, 6) is -0.737. The van der Waals surface area contributed by atoms with E-state index < -0.39 is 12.1 Å². The molecule has 4 heteroatoms. The third-order valence-electron chi connectivity index (χ3n) is 2.69. The van der Waals surface area contributed by atoms with E-state index in [1.807, 2.05) is 7.05 Å². The van der Waals surface area contributed by atoms with Crippen LogP contribution in [0.3, 0.4) is 0 Å². The summed E-state index contributed by atoms with van der Waals surface area (Å²) in [6, 6.07) is 0. The minimum Gasteiger partial charge on any atom is -0.481 e. The summed E-state index contributed by atoms with van der Waals surface area (Å²) < 4.78 is 0. The van der Waals surface area contributed by atoms with Crippen molar-refractivity contribution < 1.29 is 15.0 Å². The molecule has 1 heterocycles. The molecule has 1 fully saturated rings. The SMILES string of the molecule is CN1CCC(C(O)CC(=O)O)CC1. The molecule has 1 unspecified atom stereocenters. The predicted octanol–water partition coefficient (Wildman–Crippen LogP) is 0.164. The first kappa shape index (κ1) is 10.5. The molecule has 0 saturated carbocycles. The zero-order valence-corrected chi connectivity index (χ0v) is 7.94. The van der Waals surface area contributed by atoms with Crippen LogP contribution in [0.15, 0.2) is 0 Å². The molecular weight excluding hydrogens is 170 g/mol. The normalized spacial score (nSPS) is 22.9. The van der Waals surface area contributed by atoms with Crippen LogP contribution in [0, 0.1) is 5.92 Å². The lowest BCUT2D eigenvalue weighted by Crippen LogP contribution is -2.36. The van der Waals surface area contributed by atoms with Gasteiger partial charge in [-0.2, -0.15) is 0 Å². The van der Waals surface area contributed by atoms with Crippen LogP contribution in [0.25, 0.3) is 0 Å². The van der Waals surface area contributed by atoms with Gasteiger partial charge in [0.25, 0.3) is 0 Å². The Labute approximate surface area is 78.2 Å². The first-order chi connectivity index (χ1) is 6.09. The number of rotatable bonds is 3. The van der Waals surface area contributed by atoms with Gasteiger partial charge in [-0.1, -0.05) is 0 Å². The molecule has 1 aliphatic heterocycles. The van der Waals surface area contributed by atoms with Crippen molar-refractivity contribution in [1.29, 1.82) is 0 Å². The fraction of sp³-hybridized carbons (Fsp3) is 0.889. The van der Waals surface area contributed by atoms with Gasteiger partial charge in [-0.05, 0) is 38.9 Å². The van der Waals surface area contributed by atoms with Crippen LogP contribution in [-0.4, -0.2) is 47.3 Å². The quantitative estimate of drug-likeness (QED) is 0.661. The number of carboxylic acid groups (broad SMARTS) is 1. The Balaban J connectivity index is 2.31. The first-order valence-electron chi connectivity index (χ1n) is 4.68. The molecule has 1 rings (SSSR count). The van der Waals surface area contributed by atoms with Gasteiger partial charge in [-0.25, -0.2) is 0 Å². The maximum atomic E-state index is 10.3. The Morgan fingerprint density at radius 1 is 1.54 bits per heavy atom. The topological polar surface area (TPSA) is 60.8 Å². The van der Waals surface area contributed by atoms with Gasteiger partial charge in [-0.3, -0.25) is 4.79 Å². The molecular formula is C9H17NO3. The first-order valence-corrected chi connectivity index (χ1v) is 4.68. The maximum Gasteiger partial charge on any atom is 0.305 e. The van der Waals surface area contributed by atoms with Crippen molar-refractivity contribution in [3.05, 3.63) is 0 Å². The van der Waals surface area contributed by atoms with Crippen LogP contribution in [0.1, 0.15) is 19.3 Å². The van der Waals surface area contributed by atoms with Gasteiger partial charge >= 0.3 is 5.97 Å². The largest absolute Gasteiger partial charge is 0.481 e. The van der Waals surface area contributed by atoms with Crippen molar-refractivity contribution in [2.75, 3.05) is 20.1 Å². The molecule has 4 nitrogen and oxygen atoms in total. The van der Waals surface area contributed by atoms with Gasteiger partial charge in [0.1, 0.15) is 0 Å². The fourth-order valence-corrected chi connectivity index (χ4v) is 1.76. The van der Waals surface area contributed by atoms with Crippen molar-refractivity contribution >= 4 is 5.97 Å². The summed E-state index contributed by atoms with van der Waals surface area (Å²) in [6.45, 7) is 1.92. The predicted molar refractivity (Wildman–Crippen MR) is 48.5 cm³/mol. The Morgan fingerprint density at radius 2 is 2.08 bits per heavy atom. The number of carbonyl (C=O) groups is 1. The second kappa shape index (κ2) is 4.58. The number of hydrogen-bond acceptors (Lipinski definition) is 3. The van der Waals surface area contributed by atoms with Gasteiger partial charge in [-0.15, -0.1) is 0 Å². The highest BCUT2D eigenvalue weighted by molar-refractivity contribution is 5.67. The summed E-state index contributed by atoms with van der Waals surface area (Å²) in [7, 11) is 2.04. The fourth-order valence-electron chi connectivity index (χ4n) is 1.76. The van der Waals surface area contributed by atoms with Crippen LogP contribution < -0.4 is 0 Å². The summed E-state index contributed by atoms with van der Waals surface area (Å²) in [5.41, 5.74) is 0. The van der Waals surface area contributed by atoms with E-state index in [1.165, 1.54) is 0 Å². The number of aliphatic carboxylic acids is 1. The molecule has 0 spiro atoms. The van der Waals surface area contributed by atoms with Crippen LogP contribution in [0.2, 0.25) is 0 Å².